The van der Waals surface area contributed by atoms with Crippen molar-refractivity contribution in [3.8, 4) is 0 Å². The molecule has 0 aromatic heterocycles. The highest BCUT2D eigenvalue weighted by molar-refractivity contribution is 5.32. The molecule has 0 bridgehead atoms. The van der Waals surface area contributed by atoms with E-state index in [2.05, 4.69) is 10.2 Å². The summed E-state index contributed by atoms with van der Waals surface area (Å²) in [6.45, 7) is 5.08. The predicted octanol–water partition coefficient (Wildman–Crippen LogP) is 2.67. The fourth-order valence-electron chi connectivity index (χ4n) is 2.39. The Hall–Kier alpha value is -1.07. The molecule has 5 heteroatoms. The molecule has 0 spiro atoms. The van der Waals surface area contributed by atoms with Crippen molar-refractivity contribution in [3.05, 3.63) is 35.4 Å². The molecule has 1 atom stereocenters. The van der Waals surface area contributed by atoms with Crippen molar-refractivity contribution in [1.29, 1.82) is 0 Å². The smallest absolute Gasteiger partial charge is 0.314 e. The van der Waals surface area contributed by atoms with Crippen molar-refractivity contribution < 1.29 is 13.2 Å². The Kier molecular flexibility index (Phi) is 3.92. The molecule has 100 valence electrons. The van der Waals surface area contributed by atoms with E-state index in [1.54, 1.807) is 12.1 Å². The Bertz CT molecular complexity index is 397. The van der Waals surface area contributed by atoms with Crippen molar-refractivity contribution in [1.82, 2.24) is 10.2 Å². The molecule has 0 radical (unpaired) electrons. The van der Waals surface area contributed by atoms with Crippen LogP contribution in [0.1, 0.15) is 24.1 Å². The predicted molar refractivity (Wildman–Crippen MR) is 64.3 cm³/mol. The van der Waals surface area contributed by atoms with Gasteiger partial charge < -0.3 is 5.32 Å². The summed E-state index contributed by atoms with van der Waals surface area (Å²) in [6, 6.07) is 5.65. The third-order valence-electron chi connectivity index (χ3n) is 3.42. The Morgan fingerprint density at radius 1 is 1.17 bits per heavy atom. The first-order chi connectivity index (χ1) is 8.50. The molecule has 1 aliphatic rings. The lowest BCUT2D eigenvalue weighted by molar-refractivity contribution is -0.138. The highest BCUT2D eigenvalue weighted by atomic mass is 19.4. The van der Waals surface area contributed by atoms with Gasteiger partial charge >= 0.3 is 6.18 Å². The minimum Gasteiger partial charge on any atom is -0.314 e. The lowest BCUT2D eigenvalue weighted by Gasteiger charge is -2.34. The maximum absolute atomic E-state index is 12.9. The van der Waals surface area contributed by atoms with E-state index in [9.17, 15) is 13.2 Å². The van der Waals surface area contributed by atoms with Crippen LogP contribution in [0.3, 0.4) is 0 Å². The number of alkyl halides is 3. The second kappa shape index (κ2) is 5.28. The van der Waals surface area contributed by atoms with Crippen molar-refractivity contribution in [3.63, 3.8) is 0 Å². The van der Waals surface area contributed by atoms with E-state index in [0.717, 1.165) is 32.2 Å². The Balaban J connectivity index is 2.26. The SMILES string of the molecule is C[C@@H](c1ccccc1C(F)(F)F)N1CCNCC1. The quantitative estimate of drug-likeness (QED) is 0.877. The summed E-state index contributed by atoms with van der Waals surface area (Å²) < 4.78 is 38.8. The van der Waals surface area contributed by atoms with E-state index < -0.39 is 11.7 Å². The summed E-state index contributed by atoms with van der Waals surface area (Å²) in [5, 5.41) is 3.20. The monoisotopic (exact) mass is 258 g/mol. The molecule has 2 rings (SSSR count). The van der Waals surface area contributed by atoms with Crippen LogP contribution in [-0.4, -0.2) is 31.1 Å². The van der Waals surface area contributed by atoms with Gasteiger partial charge in [0.2, 0.25) is 0 Å². The summed E-state index contributed by atoms with van der Waals surface area (Å²) >= 11 is 0. The fourth-order valence-corrected chi connectivity index (χ4v) is 2.39. The van der Waals surface area contributed by atoms with E-state index in [1.807, 2.05) is 6.92 Å². The van der Waals surface area contributed by atoms with Crippen LogP contribution in [-0.2, 0) is 6.18 Å². The van der Waals surface area contributed by atoms with E-state index in [0.29, 0.717) is 5.56 Å². The first-order valence-electron chi connectivity index (χ1n) is 6.11. The molecule has 0 saturated carbocycles. The molecule has 18 heavy (non-hydrogen) atoms. The molecule has 2 nitrogen and oxygen atoms in total. The van der Waals surface area contributed by atoms with Gasteiger partial charge in [0.15, 0.2) is 0 Å². The van der Waals surface area contributed by atoms with E-state index in [4.69, 9.17) is 0 Å². The molecule has 1 heterocycles. The van der Waals surface area contributed by atoms with Gasteiger partial charge in [-0.15, -0.1) is 0 Å². The van der Waals surface area contributed by atoms with Gasteiger partial charge in [0.1, 0.15) is 0 Å². The van der Waals surface area contributed by atoms with Crippen molar-refractivity contribution in [2.24, 2.45) is 0 Å². The summed E-state index contributed by atoms with van der Waals surface area (Å²) in [7, 11) is 0. The molecule has 1 N–H and O–H groups in total. The second-order valence-corrected chi connectivity index (χ2v) is 4.55. The van der Waals surface area contributed by atoms with E-state index in [-0.39, 0.29) is 6.04 Å². The number of hydrogen-bond acceptors (Lipinski definition) is 2. The fraction of sp³-hybridized carbons (Fsp3) is 0.538. The maximum Gasteiger partial charge on any atom is 0.416 e. The zero-order valence-electron chi connectivity index (χ0n) is 10.3. The second-order valence-electron chi connectivity index (χ2n) is 4.55. The number of nitrogens with one attached hydrogen (secondary N) is 1. The van der Waals surface area contributed by atoms with Gasteiger partial charge in [0.25, 0.3) is 0 Å². The molecular formula is C13H17F3N2. The van der Waals surface area contributed by atoms with Crippen LogP contribution in [0.5, 0.6) is 0 Å². The van der Waals surface area contributed by atoms with Crippen molar-refractivity contribution in [2.45, 2.75) is 19.1 Å². The number of benzene rings is 1. The van der Waals surface area contributed by atoms with Crippen LogP contribution in [0, 0.1) is 0 Å². The van der Waals surface area contributed by atoms with Gasteiger partial charge in [-0.05, 0) is 18.6 Å². The molecular weight excluding hydrogens is 241 g/mol. The van der Waals surface area contributed by atoms with Gasteiger partial charge in [-0.3, -0.25) is 4.90 Å². The lowest BCUT2D eigenvalue weighted by Crippen LogP contribution is -2.44. The zero-order chi connectivity index (χ0) is 13.2. The zero-order valence-corrected chi connectivity index (χ0v) is 10.3. The molecule has 1 aliphatic heterocycles. The van der Waals surface area contributed by atoms with Crippen LogP contribution in [0.15, 0.2) is 24.3 Å². The summed E-state index contributed by atoms with van der Waals surface area (Å²) in [5.74, 6) is 0. The highest BCUT2D eigenvalue weighted by Crippen LogP contribution is 2.36. The minimum absolute atomic E-state index is 0.204. The first kappa shape index (κ1) is 13.4. The van der Waals surface area contributed by atoms with Gasteiger partial charge in [-0.25, -0.2) is 0 Å². The van der Waals surface area contributed by atoms with Gasteiger partial charge in [-0.1, -0.05) is 18.2 Å². The molecule has 0 unspecified atom stereocenters. The first-order valence-corrected chi connectivity index (χ1v) is 6.11. The molecule has 1 aromatic carbocycles. The average Bonchev–Trinajstić information content (AvgIpc) is 2.38. The summed E-state index contributed by atoms with van der Waals surface area (Å²) in [4.78, 5) is 2.08. The Labute approximate surface area is 105 Å². The average molecular weight is 258 g/mol. The molecule has 1 saturated heterocycles. The molecule has 1 aromatic rings. The number of hydrogen-bond donors (Lipinski definition) is 1. The molecule has 1 fully saturated rings. The van der Waals surface area contributed by atoms with Gasteiger partial charge in [-0.2, -0.15) is 13.2 Å². The third kappa shape index (κ3) is 2.84. The van der Waals surface area contributed by atoms with Crippen molar-refractivity contribution >= 4 is 0 Å². The molecule has 0 amide bonds. The van der Waals surface area contributed by atoms with E-state index in [1.165, 1.54) is 6.07 Å². The van der Waals surface area contributed by atoms with Crippen LogP contribution in [0.2, 0.25) is 0 Å². The summed E-state index contributed by atoms with van der Waals surface area (Å²) in [6.07, 6.45) is -4.28. The van der Waals surface area contributed by atoms with Crippen LogP contribution in [0.25, 0.3) is 0 Å². The number of piperazine rings is 1. The maximum atomic E-state index is 12.9. The van der Waals surface area contributed by atoms with Gasteiger partial charge in [0.05, 0.1) is 5.56 Å². The minimum atomic E-state index is -4.28. The number of nitrogens with zero attached hydrogens (tertiary/aromatic N) is 1. The van der Waals surface area contributed by atoms with Crippen molar-refractivity contribution in [2.75, 3.05) is 26.2 Å². The van der Waals surface area contributed by atoms with Crippen LogP contribution < -0.4 is 5.32 Å². The standard InChI is InChI=1S/C13H17F3N2/c1-10(18-8-6-17-7-9-18)11-4-2-3-5-12(11)13(14,15)16/h2-5,10,17H,6-9H2,1H3/t10-/m0/s1. The number of rotatable bonds is 2. The highest BCUT2D eigenvalue weighted by Gasteiger charge is 2.35. The Morgan fingerprint density at radius 3 is 2.39 bits per heavy atom. The normalized spacial score (nSPS) is 19.8. The largest absolute Gasteiger partial charge is 0.416 e. The van der Waals surface area contributed by atoms with Crippen LogP contribution in [0.4, 0.5) is 13.2 Å². The summed E-state index contributed by atoms with van der Waals surface area (Å²) in [5.41, 5.74) is -0.150. The Morgan fingerprint density at radius 2 is 1.78 bits per heavy atom. The third-order valence-corrected chi connectivity index (χ3v) is 3.42. The molecule has 0 aliphatic carbocycles. The topological polar surface area (TPSA) is 15.3 Å². The van der Waals surface area contributed by atoms with Gasteiger partial charge in [0, 0.05) is 32.2 Å². The number of halogens is 3. The van der Waals surface area contributed by atoms with E-state index >= 15 is 0 Å². The lowest BCUT2D eigenvalue weighted by atomic mass is 9.99. The van der Waals surface area contributed by atoms with Crippen LogP contribution >= 0.6 is 0 Å².